The highest BCUT2D eigenvalue weighted by molar-refractivity contribution is 5.91. The topological polar surface area (TPSA) is 165 Å². The van der Waals surface area contributed by atoms with Gasteiger partial charge in [-0.3, -0.25) is 4.90 Å². The van der Waals surface area contributed by atoms with E-state index in [4.69, 9.17) is 10.5 Å². The van der Waals surface area contributed by atoms with Crippen molar-refractivity contribution >= 4 is 11.9 Å². The van der Waals surface area contributed by atoms with Crippen molar-refractivity contribution in [3.05, 3.63) is 11.1 Å². The summed E-state index contributed by atoms with van der Waals surface area (Å²) < 4.78 is 6.75. The third-order valence-electron chi connectivity index (χ3n) is 14.2. The summed E-state index contributed by atoms with van der Waals surface area (Å²) in [7, 11) is 1.74. The zero-order chi connectivity index (χ0) is 30.4. The summed E-state index contributed by atoms with van der Waals surface area (Å²) in [6.45, 7) is 5.28. The number of aliphatic hydroxyl groups excluding tert-OH is 2. The van der Waals surface area contributed by atoms with Gasteiger partial charge in [0, 0.05) is 54.3 Å². The number of piperidine rings is 1. The molecule has 0 radical (unpaired) electrons. The number of nitrogens with two attached hydrogens (primary N) is 1. The van der Waals surface area contributed by atoms with Gasteiger partial charge in [-0.2, -0.15) is 0 Å². The minimum atomic E-state index is -1.64. The van der Waals surface area contributed by atoms with Gasteiger partial charge in [-0.1, -0.05) is 12.5 Å². The van der Waals surface area contributed by atoms with Crippen molar-refractivity contribution in [2.24, 2.45) is 50.6 Å². The zero-order valence-corrected chi connectivity index (χ0v) is 25.9. The van der Waals surface area contributed by atoms with E-state index in [0.29, 0.717) is 37.7 Å². The van der Waals surface area contributed by atoms with Crippen LogP contribution in [0.3, 0.4) is 0 Å². The maximum atomic E-state index is 13.4. The number of aliphatic imine (C=N–C) groups is 1. The van der Waals surface area contributed by atoms with Crippen molar-refractivity contribution in [2.45, 2.75) is 101 Å². The number of hydrogen-bond acceptors (Lipinski definition) is 8. The van der Waals surface area contributed by atoms with Crippen LogP contribution in [-0.2, 0) is 9.53 Å². The van der Waals surface area contributed by atoms with Crippen LogP contribution in [0.5, 0.6) is 0 Å². The Morgan fingerprint density at radius 3 is 2.72 bits per heavy atom. The summed E-state index contributed by atoms with van der Waals surface area (Å²) in [4.78, 5) is 19.0. The number of allylic oxidation sites excluding steroid dienone is 1. The van der Waals surface area contributed by atoms with Crippen LogP contribution in [-0.4, -0.2) is 91.0 Å². The van der Waals surface area contributed by atoms with Crippen molar-refractivity contribution in [3.8, 4) is 0 Å². The lowest BCUT2D eigenvalue weighted by Gasteiger charge is -2.71. The predicted molar refractivity (Wildman–Crippen MR) is 158 cm³/mol. The Morgan fingerprint density at radius 1 is 1.19 bits per heavy atom. The molecule has 6 fully saturated rings. The molecule has 7 N–H and O–H groups in total. The SMILES string of the molecule is CN=C(N)[NH+]1CCC2(CNCCO)CCC3C(O)(C4CCC5CCC(O)CC5O4)C(C(=O)[O-])=C4CC5CCC(C)C43C52C1. The van der Waals surface area contributed by atoms with E-state index in [2.05, 4.69) is 17.2 Å². The summed E-state index contributed by atoms with van der Waals surface area (Å²) in [5.74, 6) is -0.138. The van der Waals surface area contributed by atoms with E-state index in [0.717, 1.165) is 76.6 Å². The number of nitrogens with one attached hydrogen (secondary N) is 2. The number of carbonyl (C=O) groups excluding carboxylic acids is 1. The average Bonchev–Trinajstić information content (AvgIpc) is 3.34. The van der Waals surface area contributed by atoms with Crippen molar-refractivity contribution in [2.75, 3.05) is 39.8 Å². The number of guanidine groups is 1. The van der Waals surface area contributed by atoms with Gasteiger partial charge in [-0.25, -0.2) is 4.99 Å². The van der Waals surface area contributed by atoms with E-state index in [-0.39, 0.29) is 46.9 Å². The predicted octanol–water partition coefficient (Wildman–Crippen LogP) is -0.880. The van der Waals surface area contributed by atoms with Gasteiger partial charge in [-0.15, -0.1) is 0 Å². The fraction of sp³-hybridized carbons (Fsp3) is 0.879. The zero-order valence-electron chi connectivity index (χ0n) is 25.9. The first-order valence-corrected chi connectivity index (χ1v) is 17.0. The first-order chi connectivity index (χ1) is 20.6. The number of hydrogen-bond donors (Lipinski definition) is 6. The third kappa shape index (κ3) is 3.74. The fourth-order valence-corrected chi connectivity index (χ4v) is 12.9. The second kappa shape index (κ2) is 10.5. The number of nitrogens with zero attached hydrogens (tertiary/aromatic N) is 1. The highest BCUT2D eigenvalue weighted by Gasteiger charge is 2.84. The summed E-state index contributed by atoms with van der Waals surface area (Å²) in [6, 6.07) is 0. The molecule has 2 heterocycles. The molecule has 0 aromatic rings. The van der Waals surface area contributed by atoms with Crippen LogP contribution in [0.1, 0.15) is 77.6 Å². The molecule has 10 nitrogen and oxygen atoms in total. The Labute approximate surface area is 255 Å². The van der Waals surface area contributed by atoms with Crippen LogP contribution in [0.15, 0.2) is 16.1 Å². The highest BCUT2D eigenvalue weighted by Crippen LogP contribution is 2.84. The molecule has 240 valence electrons. The number of fused-ring (bicyclic) bond motifs is 1. The maximum Gasteiger partial charge on any atom is 0.293 e. The lowest BCUT2D eigenvalue weighted by Crippen LogP contribution is -3.19. The van der Waals surface area contributed by atoms with E-state index in [1.54, 1.807) is 7.05 Å². The Bertz CT molecular complexity index is 1210. The number of carboxylic acids is 1. The Kier molecular flexibility index (Phi) is 7.35. The quantitative estimate of drug-likeness (QED) is 0.130. The Morgan fingerprint density at radius 2 is 1.98 bits per heavy atom. The molecule has 43 heavy (non-hydrogen) atoms. The van der Waals surface area contributed by atoms with Crippen LogP contribution in [0.2, 0.25) is 0 Å². The van der Waals surface area contributed by atoms with E-state index in [1.807, 2.05) is 0 Å². The third-order valence-corrected chi connectivity index (χ3v) is 14.2. The largest absolute Gasteiger partial charge is 0.545 e. The molecule has 5 aliphatic carbocycles. The molecule has 7 rings (SSSR count). The molecule has 10 heteroatoms. The molecule has 12 unspecified atom stereocenters. The van der Waals surface area contributed by atoms with Crippen molar-refractivity contribution in [1.82, 2.24) is 5.32 Å². The van der Waals surface area contributed by atoms with Gasteiger partial charge in [-0.05, 0) is 82.0 Å². The van der Waals surface area contributed by atoms with Gasteiger partial charge < -0.3 is 41.0 Å². The maximum absolute atomic E-state index is 13.4. The second-order valence-electron chi connectivity index (χ2n) is 15.3. The van der Waals surface area contributed by atoms with Crippen molar-refractivity contribution in [1.29, 1.82) is 0 Å². The normalized spacial score (nSPS) is 50.7. The lowest BCUT2D eigenvalue weighted by molar-refractivity contribution is -0.832. The monoisotopic (exact) mass is 600 g/mol. The molecule has 2 bridgehead atoms. The van der Waals surface area contributed by atoms with Crippen molar-refractivity contribution in [3.63, 3.8) is 0 Å². The van der Waals surface area contributed by atoms with Crippen LogP contribution in [0.4, 0.5) is 0 Å². The number of ether oxygens (including phenoxy) is 1. The first kappa shape index (κ1) is 30.1. The number of aliphatic hydroxyl groups is 3. The number of carbonyl (C=O) groups is 1. The molecule has 0 amide bonds. The Balaban J connectivity index is 1.40. The first-order valence-electron chi connectivity index (χ1n) is 17.0. The van der Waals surface area contributed by atoms with Gasteiger partial charge in [0.25, 0.3) is 5.96 Å². The second-order valence-corrected chi connectivity index (χ2v) is 15.3. The molecular weight excluding hydrogens is 548 g/mol. The standard InChI is InChI=1S/C33H52N4O6/c1-19-3-6-21-15-23-27(28(40)41)33(42,26-8-5-20-4-7-22(39)16-24(20)43-26)25-9-10-30(17-36-12-14-38)11-13-37(29(34)35-2)18-31(21,30)32(19,23)25/h19-22,24-26,36,38-39,42H,3-18H2,1-2H3,(H2,34,35)(H,40,41). The summed E-state index contributed by atoms with van der Waals surface area (Å²) in [6.07, 6.45) is 7.73. The molecule has 4 saturated carbocycles. The molecular formula is C33H52N4O6. The molecule has 2 aliphatic heterocycles. The molecule has 0 aromatic carbocycles. The van der Waals surface area contributed by atoms with E-state index >= 15 is 0 Å². The molecule has 7 aliphatic rings. The highest BCUT2D eigenvalue weighted by atomic mass is 16.5. The minimum Gasteiger partial charge on any atom is -0.545 e. The summed E-state index contributed by atoms with van der Waals surface area (Å²) in [5, 5.41) is 50.3. The van der Waals surface area contributed by atoms with E-state index in [1.165, 1.54) is 4.90 Å². The van der Waals surface area contributed by atoms with Gasteiger partial charge >= 0.3 is 0 Å². The number of likely N-dealkylation sites (tertiary alicyclic amines) is 1. The number of carboxylic acid groups (broad SMARTS) is 1. The van der Waals surface area contributed by atoms with E-state index < -0.39 is 29.2 Å². The molecule has 2 spiro atoms. The lowest BCUT2D eigenvalue weighted by atomic mass is 9.34. The van der Waals surface area contributed by atoms with Gasteiger partial charge in [0.05, 0.1) is 44.0 Å². The van der Waals surface area contributed by atoms with Gasteiger partial charge in [0.15, 0.2) is 0 Å². The minimum absolute atomic E-state index is 0.0686. The van der Waals surface area contributed by atoms with E-state index in [9.17, 15) is 25.2 Å². The molecule has 12 atom stereocenters. The smallest absolute Gasteiger partial charge is 0.293 e. The summed E-state index contributed by atoms with van der Waals surface area (Å²) in [5.41, 5.74) is 5.06. The number of aliphatic carboxylic acids is 1. The van der Waals surface area contributed by atoms with Crippen LogP contribution in [0.25, 0.3) is 0 Å². The molecule has 2 saturated heterocycles. The van der Waals surface area contributed by atoms with Gasteiger partial charge in [0.1, 0.15) is 5.60 Å². The van der Waals surface area contributed by atoms with Crippen LogP contribution >= 0.6 is 0 Å². The van der Waals surface area contributed by atoms with Gasteiger partial charge in [0.2, 0.25) is 0 Å². The summed E-state index contributed by atoms with van der Waals surface area (Å²) >= 11 is 0. The average molecular weight is 601 g/mol. The number of quaternary nitrogens is 1. The van der Waals surface area contributed by atoms with Crippen LogP contribution in [0, 0.1) is 39.9 Å². The molecule has 0 aromatic heterocycles. The van der Waals surface area contributed by atoms with Crippen LogP contribution < -0.4 is 21.1 Å². The van der Waals surface area contributed by atoms with Crippen molar-refractivity contribution < 1.29 is 34.9 Å². The fourth-order valence-electron chi connectivity index (χ4n) is 12.9. The Hall–Kier alpha value is -1.56. The number of rotatable bonds is 6.